The first kappa shape index (κ1) is 16.1. The number of nitrogens with zero attached hydrogens (tertiary/aromatic N) is 1. The molecule has 0 saturated carbocycles. The number of methoxy groups -OCH3 is 2. The molecule has 1 heterocycles. The molecule has 1 aliphatic heterocycles. The standard InChI is InChI=1S/C14H22N2O4S/c1-19-13-5-4-12(14(10-13)20-2)11-15-6-8-16(9-7-15)21(3,17)18/h4-5,10H,6-9,11H2,1-3H3/p+1. The molecule has 1 aromatic carbocycles. The molecule has 0 aromatic heterocycles. The first-order chi connectivity index (χ1) is 9.94. The maximum Gasteiger partial charge on any atom is 0.211 e. The smallest absolute Gasteiger partial charge is 0.211 e. The fourth-order valence-electron chi connectivity index (χ4n) is 2.58. The summed E-state index contributed by atoms with van der Waals surface area (Å²) in [5.41, 5.74) is 1.11. The highest BCUT2D eigenvalue weighted by atomic mass is 32.2. The van der Waals surface area contributed by atoms with Gasteiger partial charge >= 0.3 is 0 Å². The van der Waals surface area contributed by atoms with E-state index < -0.39 is 10.0 Å². The molecule has 1 N–H and O–H groups in total. The molecule has 1 aromatic rings. The van der Waals surface area contributed by atoms with Crippen molar-refractivity contribution in [1.29, 1.82) is 0 Å². The van der Waals surface area contributed by atoms with Crippen molar-refractivity contribution >= 4 is 10.0 Å². The largest absolute Gasteiger partial charge is 0.497 e. The summed E-state index contributed by atoms with van der Waals surface area (Å²) in [5.74, 6) is 1.58. The summed E-state index contributed by atoms with van der Waals surface area (Å²) < 4.78 is 35.2. The Morgan fingerprint density at radius 3 is 2.38 bits per heavy atom. The molecule has 0 radical (unpaired) electrons. The van der Waals surface area contributed by atoms with E-state index in [-0.39, 0.29) is 0 Å². The Balaban J connectivity index is 2.00. The number of hydrogen-bond donors (Lipinski definition) is 1. The highest BCUT2D eigenvalue weighted by molar-refractivity contribution is 7.88. The van der Waals surface area contributed by atoms with Crippen LogP contribution < -0.4 is 14.4 Å². The highest BCUT2D eigenvalue weighted by Crippen LogP contribution is 2.23. The van der Waals surface area contributed by atoms with Gasteiger partial charge in [-0.05, 0) is 12.1 Å². The van der Waals surface area contributed by atoms with Gasteiger partial charge in [0.05, 0.1) is 46.7 Å². The van der Waals surface area contributed by atoms with Crippen LogP contribution in [0.3, 0.4) is 0 Å². The van der Waals surface area contributed by atoms with Crippen LogP contribution in [-0.4, -0.2) is 59.4 Å². The van der Waals surface area contributed by atoms with Crippen molar-refractivity contribution in [3.8, 4) is 11.5 Å². The number of rotatable bonds is 5. The average molecular weight is 315 g/mol. The molecular weight excluding hydrogens is 292 g/mol. The van der Waals surface area contributed by atoms with E-state index in [9.17, 15) is 8.42 Å². The van der Waals surface area contributed by atoms with Crippen molar-refractivity contribution in [2.75, 3.05) is 46.7 Å². The van der Waals surface area contributed by atoms with E-state index in [2.05, 4.69) is 0 Å². The predicted molar refractivity (Wildman–Crippen MR) is 80.4 cm³/mol. The van der Waals surface area contributed by atoms with E-state index in [0.717, 1.165) is 36.7 Å². The van der Waals surface area contributed by atoms with Gasteiger partial charge in [-0.1, -0.05) is 0 Å². The Morgan fingerprint density at radius 1 is 1.19 bits per heavy atom. The fraction of sp³-hybridized carbons (Fsp3) is 0.571. The van der Waals surface area contributed by atoms with E-state index in [1.54, 1.807) is 18.5 Å². The molecule has 1 fully saturated rings. The van der Waals surface area contributed by atoms with Crippen LogP contribution >= 0.6 is 0 Å². The number of quaternary nitrogens is 1. The van der Waals surface area contributed by atoms with Crippen molar-refractivity contribution in [2.45, 2.75) is 6.54 Å². The first-order valence-corrected chi connectivity index (χ1v) is 8.78. The molecular formula is C14H23N2O4S+. The van der Waals surface area contributed by atoms with E-state index in [1.807, 2.05) is 18.2 Å². The zero-order chi connectivity index (χ0) is 15.5. The van der Waals surface area contributed by atoms with Crippen molar-refractivity contribution in [1.82, 2.24) is 4.31 Å². The monoisotopic (exact) mass is 315 g/mol. The molecule has 0 atom stereocenters. The molecule has 2 rings (SSSR count). The lowest BCUT2D eigenvalue weighted by atomic mass is 10.1. The SMILES string of the molecule is COc1ccc(C[NH+]2CCN(S(C)(=O)=O)CC2)c(OC)c1. The van der Waals surface area contributed by atoms with Crippen LogP contribution in [0.15, 0.2) is 18.2 Å². The quantitative estimate of drug-likeness (QED) is 0.785. The third kappa shape index (κ3) is 4.09. The topological polar surface area (TPSA) is 60.3 Å². The summed E-state index contributed by atoms with van der Waals surface area (Å²) in [6, 6.07) is 5.80. The lowest BCUT2D eigenvalue weighted by Crippen LogP contribution is -3.13. The zero-order valence-corrected chi connectivity index (χ0v) is 13.6. The minimum atomic E-state index is -3.07. The number of benzene rings is 1. The summed E-state index contributed by atoms with van der Waals surface area (Å²) >= 11 is 0. The van der Waals surface area contributed by atoms with E-state index in [1.165, 1.54) is 11.2 Å². The summed E-state index contributed by atoms with van der Waals surface area (Å²) in [4.78, 5) is 1.36. The van der Waals surface area contributed by atoms with Crippen molar-refractivity contribution < 1.29 is 22.8 Å². The van der Waals surface area contributed by atoms with Gasteiger partial charge in [-0.2, -0.15) is 4.31 Å². The normalized spacial score (nSPS) is 17.7. The number of hydrogen-bond acceptors (Lipinski definition) is 4. The summed E-state index contributed by atoms with van der Waals surface area (Å²) in [6.45, 7) is 3.59. The maximum absolute atomic E-state index is 11.5. The van der Waals surface area contributed by atoms with Gasteiger partial charge in [0.15, 0.2) is 0 Å². The molecule has 1 aliphatic rings. The first-order valence-electron chi connectivity index (χ1n) is 6.93. The van der Waals surface area contributed by atoms with Crippen LogP contribution in [0.4, 0.5) is 0 Å². The minimum absolute atomic E-state index is 0.576. The van der Waals surface area contributed by atoms with Gasteiger partial charge in [-0.25, -0.2) is 8.42 Å². The van der Waals surface area contributed by atoms with Gasteiger partial charge in [0.25, 0.3) is 0 Å². The lowest BCUT2D eigenvalue weighted by Gasteiger charge is -2.30. The number of ether oxygens (including phenoxy) is 2. The third-order valence-electron chi connectivity index (χ3n) is 3.83. The second kappa shape index (κ2) is 6.64. The van der Waals surface area contributed by atoms with Gasteiger partial charge < -0.3 is 14.4 Å². The molecule has 1 saturated heterocycles. The van der Waals surface area contributed by atoms with Crippen LogP contribution in [0.2, 0.25) is 0 Å². The Bertz CT molecular complexity index is 581. The Morgan fingerprint density at radius 2 is 1.86 bits per heavy atom. The van der Waals surface area contributed by atoms with Crippen LogP contribution in [0, 0.1) is 0 Å². The molecule has 0 spiro atoms. The van der Waals surface area contributed by atoms with Crippen LogP contribution in [-0.2, 0) is 16.6 Å². The second-order valence-corrected chi connectivity index (χ2v) is 7.25. The van der Waals surface area contributed by atoms with Gasteiger partial charge in [-0.3, -0.25) is 0 Å². The second-order valence-electron chi connectivity index (χ2n) is 5.27. The predicted octanol–water partition coefficient (Wildman–Crippen LogP) is -0.636. The molecule has 0 bridgehead atoms. The van der Waals surface area contributed by atoms with Gasteiger partial charge in [0.1, 0.15) is 18.0 Å². The summed E-state index contributed by atoms with van der Waals surface area (Å²) in [6.07, 6.45) is 1.27. The third-order valence-corrected chi connectivity index (χ3v) is 5.14. The summed E-state index contributed by atoms with van der Waals surface area (Å²) in [7, 11) is 0.212. The Kier molecular flexibility index (Phi) is 5.08. The number of nitrogens with one attached hydrogen (secondary N) is 1. The molecule has 0 unspecified atom stereocenters. The van der Waals surface area contributed by atoms with Crippen LogP contribution in [0.25, 0.3) is 0 Å². The van der Waals surface area contributed by atoms with Gasteiger partial charge in [0, 0.05) is 11.6 Å². The number of sulfonamides is 1. The molecule has 6 nitrogen and oxygen atoms in total. The Labute approximate surface area is 126 Å². The van der Waals surface area contributed by atoms with E-state index >= 15 is 0 Å². The van der Waals surface area contributed by atoms with E-state index in [0.29, 0.717) is 13.1 Å². The fourth-order valence-corrected chi connectivity index (χ4v) is 3.42. The van der Waals surface area contributed by atoms with E-state index in [4.69, 9.17) is 9.47 Å². The van der Waals surface area contributed by atoms with Gasteiger partial charge in [0.2, 0.25) is 10.0 Å². The number of piperazine rings is 1. The lowest BCUT2D eigenvalue weighted by molar-refractivity contribution is -0.917. The highest BCUT2D eigenvalue weighted by Gasteiger charge is 2.26. The zero-order valence-electron chi connectivity index (χ0n) is 12.8. The van der Waals surface area contributed by atoms with Crippen molar-refractivity contribution in [2.24, 2.45) is 0 Å². The maximum atomic E-state index is 11.5. The minimum Gasteiger partial charge on any atom is -0.497 e. The molecule has 118 valence electrons. The van der Waals surface area contributed by atoms with Crippen molar-refractivity contribution in [3.63, 3.8) is 0 Å². The molecule has 0 amide bonds. The Hall–Kier alpha value is -1.31. The van der Waals surface area contributed by atoms with Gasteiger partial charge in [-0.15, -0.1) is 0 Å². The van der Waals surface area contributed by atoms with Crippen LogP contribution in [0.5, 0.6) is 11.5 Å². The molecule has 7 heteroatoms. The van der Waals surface area contributed by atoms with Crippen LogP contribution in [0.1, 0.15) is 5.56 Å². The van der Waals surface area contributed by atoms with Crippen molar-refractivity contribution in [3.05, 3.63) is 23.8 Å². The molecule has 0 aliphatic carbocycles. The summed E-state index contributed by atoms with van der Waals surface area (Å²) in [5, 5.41) is 0. The average Bonchev–Trinajstić information content (AvgIpc) is 2.47. The molecule has 21 heavy (non-hydrogen) atoms.